The Balaban J connectivity index is 1.90. The van der Waals surface area contributed by atoms with Crippen LogP contribution in [0, 0.1) is 0 Å². The minimum atomic E-state index is 0.538. The smallest absolute Gasteiger partial charge is 0.195 e. The molecule has 2 rings (SSSR count). The Morgan fingerprint density at radius 1 is 0.926 bits per heavy atom. The van der Waals surface area contributed by atoms with Gasteiger partial charge in [0.15, 0.2) is 17.5 Å². The van der Waals surface area contributed by atoms with E-state index in [9.17, 15) is 0 Å². The first-order valence-electron chi connectivity index (χ1n) is 8.60. The van der Waals surface area contributed by atoms with Gasteiger partial charge in [0.2, 0.25) is 0 Å². The third-order valence-electron chi connectivity index (χ3n) is 3.81. The summed E-state index contributed by atoms with van der Waals surface area (Å²) >= 11 is 0. The molecule has 2 aromatic carbocycles. The minimum absolute atomic E-state index is 0.538. The van der Waals surface area contributed by atoms with Crippen LogP contribution in [0.5, 0.6) is 17.2 Å². The molecule has 0 atom stereocenters. The number of benzene rings is 2. The molecular formula is C20H27N3O4. The van der Waals surface area contributed by atoms with Crippen LogP contribution in [0.15, 0.2) is 47.5 Å². The number of methoxy groups -OCH3 is 3. The average molecular weight is 373 g/mol. The van der Waals surface area contributed by atoms with Crippen molar-refractivity contribution in [1.29, 1.82) is 0 Å². The van der Waals surface area contributed by atoms with Gasteiger partial charge in [0.25, 0.3) is 0 Å². The Morgan fingerprint density at radius 2 is 1.67 bits per heavy atom. The van der Waals surface area contributed by atoms with E-state index in [-0.39, 0.29) is 0 Å². The fourth-order valence-corrected chi connectivity index (χ4v) is 2.36. The van der Waals surface area contributed by atoms with E-state index < -0.39 is 0 Å². The van der Waals surface area contributed by atoms with Crippen LogP contribution < -0.4 is 24.8 Å². The summed E-state index contributed by atoms with van der Waals surface area (Å²) in [6.45, 7) is 1.74. The highest BCUT2D eigenvalue weighted by Crippen LogP contribution is 2.29. The van der Waals surface area contributed by atoms with Crippen LogP contribution in [-0.2, 0) is 11.3 Å². The molecule has 27 heavy (non-hydrogen) atoms. The highest BCUT2D eigenvalue weighted by Gasteiger charge is 2.06. The van der Waals surface area contributed by atoms with E-state index in [0.717, 1.165) is 17.0 Å². The van der Waals surface area contributed by atoms with Gasteiger partial charge in [0.05, 0.1) is 20.8 Å². The monoisotopic (exact) mass is 373 g/mol. The number of guanidine groups is 1. The Bertz CT molecular complexity index is 733. The minimum Gasteiger partial charge on any atom is -0.493 e. The van der Waals surface area contributed by atoms with Crippen LogP contribution in [-0.4, -0.2) is 47.6 Å². The number of aliphatic imine (C=N–C) groups is 1. The maximum Gasteiger partial charge on any atom is 0.195 e. The molecule has 0 amide bonds. The fourth-order valence-electron chi connectivity index (χ4n) is 2.36. The van der Waals surface area contributed by atoms with Crippen LogP contribution in [0.3, 0.4) is 0 Å². The van der Waals surface area contributed by atoms with Crippen LogP contribution in [0.1, 0.15) is 5.56 Å². The van der Waals surface area contributed by atoms with Gasteiger partial charge in [-0.15, -0.1) is 0 Å². The molecule has 146 valence electrons. The third kappa shape index (κ3) is 6.38. The average Bonchev–Trinajstić information content (AvgIpc) is 2.72. The Morgan fingerprint density at radius 3 is 2.30 bits per heavy atom. The maximum absolute atomic E-state index is 5.56. The highest BCUT2D eigenvalue weighted by atomic mass is 16.5. The van der Waals surface area contributed by atoms with Gasteiger partial charge in [-0.2, -0.15) is 0 Å². The molecule has 0 heterocycles. The molecule has 0 radical (unpaired) electrons. The van der Waals surface area contributed by atoms with Crippen LogP contribution in [0.4, 0.5) is 5.69 Å². The van der Waals surface area contributed by atoms with Crippen LogP contribution in [0.2, 0.25) is 0 Å². The van der Waals surface area contributed by atoms with Crippen molar-refractivity contribution in [2.45, 2.75) is 6.54 Å². The molecule has 2 aromatic rings. The Kier molecular flexibility index (Phi) is 8.25. The van der Waals surface area contributed by atoms with Gasteiger partial charge in [-0.1, -0.05) is 12.1 Å². The van der Waals surface area contributed by atoms with Crippen molar-refractivity contribution in [2.75, 3.05) is 46.9 Å². The second-order valence-electron chi connectivity index (χ2n) is 5.61. The van der Waals surface area contributed by atoms with E-state index in [4.69, 9.17) is 18.9 Å². The van der Waals surface area contributed by atoms with E-state index in [2.05, 4.69) is 15.6 Å². The second kappa shape index (κ2) is 10.9. The number of ether oxygens (including phenoxy) is 4. The molecule has 0 saturated carbocycles. The van der Waals surface area contributed by atoms with Crippen LogP contribution in [0.25, 0.3) is 0 Å². The number of hydrogen-bond donors (Lipinski definition) is 2. The first-order valence-corrected chi connectivity index (χ1v) is 8.60. The van der Waals surface area contributed by atoms with Crippen molar-refractivity contribution >= 4 is 11.6 Å². The largest absolute Gasteiger partial charge is 0.493 e. The molecule has 0 fully saturated rings. The topological polar surface area (TPSA) is 73.3 Å². The summed E-state index contributed by atoms with van der Waals surface area (Å²) in [4.78, 5) is 4.25. The summed E-state index contributed by atoms with van der Waals surface area (Å²) in [6.07, 6.45) is 0. The van der Waals surface area contributed by atoms with Gasteiger partial charge in [-0.25, -0.2) is 0 Å². The van der Waals surface area contributed by atoms with Crippen molar-refractivity contribution in [2.24, 2.45) is 4.99 Å². The van der Waals surface area contributed by atoms with Crippen LogP contribution >= 0.6 is 0 Å². The molecule has 0 unspecified atom stereocenters. The van der Waals surface area contributed by atoms with Crippen molar-refractivity contribution in [3.8, 4) is 17.2 Å². The van der Waals surface area contributed by atoms with E-state index in [0.29, 0.717) is 37.2 Å². The quantitative estimate of drug-likeness (QED) is 0.400. The normalized spacial score (nSPS) is 11.0. The van der Waals surface area contributed by atoms with E-state index in [1.54, 1.807) is 28.4 Å². The van der Waals surface area contributed by atoms with E-state index in [1.165, 1.54) is 0 Å². The maximum atomic E-state index is 5.56. The standard InChI is InChI=1S/C20H27N3O4/c1-21-20(23-16-7-10-18(25-3)19(13-16)26-4)22-14-15-5-8-17(9-6-15)27-12-11-24-2/h5-10,13H,11-12,14H2,1-4H3,(H2,21,22,23). The lowest BCUT2D eigenvalue weighted by Crippen LogP contribution is -2.30. The Hall–Kier alpha value is -2.93. The molecule has 7 heteroatoms. The predicted molar refractivity (Wildman–Crippen MR) is 107 cm³/mol. The molecular weight excluding hydrogens is 346 g/mol. The number of anilines is 1. The van der Waals surface area contributed by atoms with Gasteiger partial charge >= 0.3 is 0 Å². The molecule has 0 aliphatic heterocycles. The molecule has 0 aliphatic rings. The van der Waals surface area contributed by atoms with Gasteiger partial charge < -0.3 is 29.6 Å². The van der Waals surface area contributed by atoms with Crippen molar-refractivity contribution in [1.82, 2.24) is 5.32 Å². The summed E-state index contributed by atoms with van der Waals surface area (Å²) < 4.78 is 21.1. The summed E-state index contributed by atoms with van der Waals surface area (Å²) in [6, 6.07) is 13.5. The Labute approximate surface area is 160 Å². The van der Waals surface area contributed by atoms with Gasteiger partial charge in [-0.05, 0) is 29.8 Å². The number of nitrogens with zero attached hydrogens (tertiary/aromatic N) is 1. The van der Waals surface area contributed by atoms with Crippen molar-refractivity contribution < 1.29 is 18.9 Å². The zero-order valence-corrected chi connectivity index (χ0v) is 16.2. The molecule has 7 nitrogen and oxygen atoms in total. The number of rotatable bonds is 9. The second-order valence-corrected chi connectivity index (χ2v) is 5.61. The lowest BCUT2D eigenvalue weighted by atomic mass is 10.2. The molecule has 0 aromatic heterocycles. The fraction of sp³-hybridized carbons (Fsp3) is 0.350. The summed E-state index contributed by atoms with van der Waals surface area (Å²) in [5.41, 5.74) is 1.96. The zero-order valence-electron chi connectivity index (χ0n) is 16.2. The number of nitrogens with one attached hydrogen (secondary N) is 2. The van der Waals surface area contributed by atoms with E-state index in [1.807, 2.05) is 42.5 Å². The first kappa shape index (κ1) is 20.4. The summed E-state index contributed by atoms with van der Waals surface area (Å²) in [5, 5.41) is 6.51. The SMILES string of the molecule is CN=C(NCc1ccc(OCCOC)cc1)Nc1ccc(OC)c(OC)c1. The lowest BCUT2D eigenvalue weighted by Gasteiger charge is -2.14. The molecule has 2 N–H and O–H groups in total. The van der Waals surface area contributed by atoms with Gasteiger partial charge in [-0.3, -0.25) is 4.99 Å². The van der Waals surface area contributed by atoms with E-state index >= 15 is 0 Å². The molecule has 0 aliphatic carbocycles. The molecule has 0 saturated heterocycles. The molecule has 0 spiro atoms. The lowest BCUT2D eigenvalue weighted by molar-refractivity contribution is 0.146. The molecule has 0 bridgehead atoms. The first-order chi connectivity index (χ1) is 13.2. The predicted octanol–water partition coefficient (Wildman–Crippen LogP) is 2.92. The van der Waals surface area contributed by atoms with Crippen molar-refractivity contribution in [3.05, 3.63) is 48.0 Å². The zero-order chi connectivity index (χ0) is 19.5. The van der Waals surface area contributed by atoms with Gasteiger partial charge in [0.1, 0.15) is 12.4 Å². The van der Waals surface area contributed by atoms with Gasteiger partial charge in [0, 0.05) is 32.5 Å². The summed E-state index contributed by atoms with van der Waals surface area (Å²) in [5.74, 6) is 2.81. The van der Waals surface area contributed by atoms with Crippen molar-refractivity contribution in [3.63, 3.8) is 0 Å². The highest BCUT2D eigenvalue weighted by molar-refractivity contribution is 5.93. The third-order valence-corrected chi connectivity index (χ3v) is 3.81. The summed E-state index contributed by atoms with van der Waals surface area (Å²) in [7, 11) is 6.60. The number of hydrogen-bond acceptors (Lipinski definition) is 5.